The lowest BCUT2D eigenvalue weighted by atomic mass is 10.1. The average molecular weight is 376 g/mol. The lowest BCUT2D eigenvalue weighted by Crippen LogP contribution is -2.15. The van der Waals surface area contributed by atoms with Crippen LogP contribution in [0, 0.1) is 13.8 Å². The van der Waals surface area contributed by atoms with E-state index >= 15 is 0 Å². The maximum Gasteiger partial charge on any atom is 0.229 e. The zero-order chi connectivity index (χ0) is 19.5. The fraction of sp³-hybridized carbons (Fsp3) is 0.273. The van der Waals surface area contributed by atoms with Gasteiger partial charge in [-0.25, -0.2) is 4.98 Å². The van der Waals surface area contributed by atoms with Crippen molar-refractivity contribution in [3.63, 3.8) is 0 Å². The molecule has 0 bridgehead atoms. The predicted octanol–water partition coefficient (Wildman–Crippen LogP) is 4.91. The summed E-state index contributed by atoms with van der Waals surface area (Å²) in [5.74, 6) is 2.79. The summed E-state index contributed by atoms with van der Waals surface area (Å²) < 4.78 is 11.2. The number of nitrogens with one attached hydrogen (secondary N) is 2. The van der Waals surface area contributed by atoms with Crippen molar-refractivity contribution in [3.8, 4) is 11.5 Å². The number of rotatable bonds is 5. The lowest BCUT2D eigenvalue weighted by Gasteiger charge is -2.19. The molecular weight excluding hydrogens is 352 g/mol. The number of aryl methyl sites for hydroxylation is 3. The highest BCUT2D eigenvalue weighted by Crippen LogP contribution is 2.33. The summed E-state index contributed by atoms with van der Waals surface area (Å²) in [4.78, 5) is 9.16. The molecule has 0 unspecified atom stereocenters. The quantitative estimate of drug-likeness (QED) is 0.659. The standard InChI is InChI=1S/C22H24N4O2/c1-4-16-7-5-6-14(2)21(16)25-20-12-15(3)23-22(26-20)24-17-8-9-18-19(13-17)28-11-10-27-18/h5-9,12-13H,4,10-11H2,1-3H3,(H2,23,24,25,26). The van der Waals surface area contributed by atoms with Gasteiger partial charge in [0.2, 0.25) is 5.95 Å². The van der Waals surface area contributed by atoms with Crippen LogP contribution in [0.2, 0.25) is 0 Å². The smallest absolute Gasteiger partial charge is 0.229 e. The van der Waals surface area contributed by atoms with E-state index in [2.05, 4.69) is 52.6 Å². The SMILES string of the molecule is CCc1cccc(C)c1Nc1cc(C)nc(Nc2ccc3c(c2)OCCO3)n1. The van der Waals surface area contributed by atoms with E-state index in [1.165, 1.54) is 11.1 Å². The van der Waals surface area contributed by atoms with Gasteiger partial charge in [0.25, 0.3) is 0 Å². The number of fused-ring (bicyclic) bond motifs is 1. The van der Waals surface area contributed by atoms with Crippen LogP contribution in [0.3, 0.4) is 0 Å². The second-order valence-corrected chi connectivity index (χ2v) is 6.79. The highest BCUT2D eigenvalue weighted by molar-refractivity contribution is 5.67. The molecule has 0 saturated heterocycles. The Labute approximate surface area is 164 Å². The monoisotopic (exact) mass is 376 g/mol. The van der Waals surface area contributed by atoms with Gasteiger partial charge >= 0.3 is 0 Å². The zero-order valence-electron chi connectivity index (χ0n) is 16.4. The second kappa shape index (κ2) is 7.76. The van der Waals surface area contributed by atoms with E-state index in [-0.39, 0.29) is 0 Å². The third-order valence-corrected chi connectivity index (χ3v) is 4.65. The Balaban J connectivity index is 1.60. The third kappa shape index (κ3) is 3.86. The molecule has 1 aliphatic rings. The number of anilines is 4. The molecule has 144 valence electrons. The molecule has 0 aliphatic carbocycles. The van der Waals surface area contributed by atoms with Crippen LogP contribution in [-0.4, -0.2) is 23.2 Å². The molecule has 0 fully saturated rings. The first-order valence-corrected chi connectivity index (χ1v) is 9.50. The summed E-state index contributed by atoms with van der Waals surface area (Å²) in [6, 6.07) is 14.0. The number of para-hydroxylation sites is 1. The Kier molecular flexibility index (Phi) is 5.02. The molecule has 2 heterocycles. The van der Waals surface area contributed by atoms with Crippen LogP contribution in [0.1, 0.15) is 23.7 Å². The van der Waals surface area contributed by atoms with Gasteiger partial charge in [-0.15, -0.1) is 0 Å². The molecule has 0 radical (unpaired) electrons. The highest BCUT2D eigenvalue weighted by atomic mass is 16.6. The number of aromatic nitrogens is 2. The van der Waals surface area contributed by atoms with Gasteiger partial charge < -0.3 is 20.1 Å². The number of ether oxygens (including phenoxy) is 2. The minimum atomic E-state index is 0.533. The fourth-order valence-corrected chi connectivity index (χ4v) is 3.27. The van der Waals surface area contributed by atoms with Crippen LogP contribution in [0.15, 0.2) is 42.5 Å². The van der Waals surface area contributed by atoms with E-state index in [1.54, 1.807) is 0 Å². The Morgan fingerprint density at radius 2 is 1.75 bits per heavy atom. The van der Waals surface area contributed by atoms with Crippen LogP contribution in [0.25, 0.3) is 0 Å². The lowest BCUT2D eigenvalue weighted by molar-refractivity contribution is 0.171. The average Bonchev–Trinajstić information content (AvgIpc) is 2.69. The van der Waals surface area contributed by atoms with E-state index in [9.17, 15) is 0 Å². The molecule has 6 heteroatoms. The van der Waals surface area contributed by atoms with Crippen molar-refractivity contribution in [2.24, 2.45) is 0 Å². The summed E-state index contributed by atoms with van der Waals surface area (Å²) in [6.45, 7) is 7.35. The molecule has 28 heavy (non-hydrogen) atoms. The summed E-state index contributed by atoms with van der Waals surface area (Å²) in [6.07, 6.45) is 0.955. The van der Waals surface area contributed by atoms with Gasteiger partial charge in [0.05, 0.1) is 0 Å². The molecule has 2 N–H and O–H groups in total. The molecule has 3 aromatic rings. The van der Waals surface area contributed by atoms with Crippen LogP contribution < -0.4 is 20.1 Å². The number of hydrogen-bond acceptors (Lipinski definition) is 6. The first kappa shape index (κ1) is 18.1. The molecule has 0 saturated carbocycles. The van der Waals surface area contributed by atoms with Crippen molar-refractivity contribution < 1.29 is 9.47 Å². The molecule has 4 rings (SSSR count). The maximum atomic E-state index is 5.65. The molecular formula is C22H24N4O2. The highest BCUT2D eigenvalue weighted by Gasteiger charge is 2.13. The predicted molar refractivity (Wildman–Crippen MR) is 111 cm³/mol. The summed E-state index contributed by atoms with van der Waals surface area (Å²) in [7, 11) is 0. The van der Waals surface area contributed by atoms with Gasteiger partial charge in [-0.1, -0.05) is 25.1 Å². The van der Waals surface area contributed by atoms with E-state index in [1.807, 2.05) is 31.2 Å². The Morgan fingerprint density at radius 3 is 2.57 bits per heavy atom. The van der Waals surface area contributed by atoms with Crippen molar-refractivity contribution >= 4 is 23.1 Å². The Bertz CT molecular complexity index is 1000. The van der Waals surface area contributed by atoms with Gasteiger partial charge in [0, 0.05) is 29.2 Å². The summed E-state index contributed by atoms with van der Waals surface area (Å²) in [5.41, 5.74) is 5.29. The molecule has 0 spiro atoms. The first-order chi connectivity index (χ1) is 13.6. The van der Waals surface area contributed by atoms with Crippen LogP contribution in [0.4, 0.5) is 23.1 Å². The van der Waals surface area contributed by atoms with Crippen molar-refractivity contribution in [2.75, 3.05) is 23.8 Å². The van der Waals surface area contributed by atoms with Crippen molar-refractivity contribution in [3.05, 3.63) is 59.3 Å². The summed E-state index contributed by atoms with van der Waals surface area (Å²) >= 11 is 0. The fourth-order valence-electron chi connectivity index (χ4n) is 3.27. The van der Waals surface area contributed by atoms with E-state index in [0.29, 0.717) is 19.2 Å². The summed E-state index contributed by atoms with van der Waals surface area (Å²) in [5, 5.41) is 6.74. The molecule has 0 atom stereocenters. The Hall–Kier alpha value is -3.28. The van der Waals surface area contributed by atoms with Gasteiger partial charge in [-0.2, -0.15) is 4.98 Å². The Morgan fingerprint density at radius 1 is 0.929 bits per heavy atom. The van der Waals surface area contributed by atoms with Gasteiger partial charge in [-0.05, 0) is 43.5 Å². The molecule has 6 nitrogen and oxygen atoms in total. The third-order valence-electron chi connectivity index (χ3n) is 4.65. The number of hydrogen-bond donors (Lipinski definition) is 2. The zero-order valence-corrected chi connectivity index (χ0v) is 16.4. The van der Waals surface area contributed by atoms with Crippen LogP contribution >= 0.6 is 0 Å². The second-order valence-electron chi connectivity index (χ2n) is 6.79. The minimum absolute atomic E-state index is 0.533. The van der Waals surface area contributed by atoms with Crippen LogP contribution in [0.5, 0.6) is 11.5 Å². The van der Waals surface area contributed by atoms with Gasteiger partial charge in [0.15, 0.2) is 11.5 Å². The van der Waals surface area contributed by atoms with Gasteiger partial charge in [-0.3, -0.25) is 0 Å². The largest absolute Gasteiger partial charge is 0.486 e. The topological polar surface area (TPSA) is 68.3 Å². The minimum Gasteiger partial charge on any atom is -0.486 e. The number of benzene rings is 2. The van der Waals surface area contributed by atoms with Gasteiger partial charge in [0.1, 0.15) is 19.0 Å². The van der Waals surface area contributed by atoms with Crippen molar-refractivity contribution in [2.45, 2.75) is 27.2 Å². The van der Waals surface area contributed by atoms with E-state index in [4.69, 9.17) is 9.47 Å². The molecule has 1 aliphatic heterocycles. The first-order valence-electron chi connectivity index (χ1n) is 9.50. The molecule has 1 aromatic heterocycles. The van der Waals surface area contributed by atoms with Crippen molar-refractivity contribution in [1.82, 2.24) is 9.97 Å². The van der Waals surface area contributed by atoms with E-state index in [0.717, 1.165) is 40.8 Å². The normalized spacial score (nSPS) is 12.5. The maximum absolute atomic E-state index is 5.65. The molecule has 0 amide bonds. The number of nitrogens with zero attached hydrogens (tertiary/aromatic N) is 2. The molecule has 2 aromatic carbocycles. The van der Waals surface area contributed by atoms with E-state index < -0.39 is 0 Å². The van der Waals surface area contributed by atoms with Crippen LogP contribution in [-0.2, 0) is 6.42 Å². The van der Waals surface area contributed by atoms with Crippen molar-refractivity contribution in [1.29, 1.82) is 0 Å².